The Morgan fingerprint density at radius 1 is 0.727 bits per heavy atom. The van der Waals surface area contributed by atoms with Gasteiger partial charge in [-0.3, -0.25) is 0 Å². The van der Waals surface area contributed by atoms with E-state index in [1.165, 1.54) is 39.3 Å². The number of hydrogen-bond donors (Lipinski definition) is 1. The lowest BCUT2D eigenvalue weighted by molar-refractivity contribution is 0.693. The third-order valence-corrected chi connectivity index (χ3v) is 8.16. The lowest BCUT2D eigenvalue weighted by atomic mass is 11.0. The van der Waals surface area contributed by atoms with Crippen molar-refractivity contribution in [2.45, 2.75) is 0 Å². The van der Waals surface area contributed by atoms with Crippen molar-refractivity contribution in [3.05, 3.63) is 0 Å². The monoisotopic (exact) mass is 190 g/mol. The molecule has 3 heterocycles. The molecular weight excluding hydrogens is 177 g/mol. The highest BCUT2D eigenvalue weighted by Crippen LogP contribution is 2.78. The maximum atomic E-state index is 4.88. The van der Waals surface area contributed by atoms with Crippen molar-refractivity contribution in [2.75, 3.05) is 39.3 Å². The van der Waals surface area contributed by atoms with Gasteiger partial charge in [0.2, 0.25) is 0 Å². The Kier molecular flexibility index (Phi) is 1.37. The first kappa shape index (κ1) is 7.10. The average Bonchev–Trinajstić information content (AvgIpc) is 2.81. The molecule has 3 rings (SSSR count). The molecule has 3 aliphatic heterocycles. The molecule has 0 aromatic rings. The van der Waals surface area contributed by atoms with Crippen LogP contribution in [0.2, 0.25) is 0 Å². The highest BCUT2D eigenvalue weighted by atomic mass is 32.7. The fraction of sp³-hybridized carbons (Fsp3) is 1.00. The standard InChI is InChI=1S/C6H13N3PS/c11-10(7-1-2-7,8-3-4-8)9-5-6-9/h11H,1-6H2/q+1. The molecule has 0 aromatic heterocycles. The van der Waals surface area contributed by atoms with Crippen molar-refractivity contribution in [1.29, 1.82) is 0 Å². The summed E-state index contributed by atoms with van der Waals surface area (Å²) in [6.45, 7) is 6.53. The first-order valence-electron chi connectivity index (χ1n) is 4.20. The number of hydrogen-bond acceptors (Lipinski definition) is 4. The van der Waals surface area contributed by atoms with Gasteiger partial charge in [0.15, 0.2) is 0 Å². The van der Waals surface area contributed by atoms with Gasteiger partial charge in [0.25, 0.3) is 6.92 Å². The van der Waals surface area contributed by atoms with Gasteiger partial charge in [-0.1, -0.05) is 0 Å². The lowest BCUT2D eigenvalue weighted by Gasteiger charge is -2.21. The number of thiol groups is 1. The van der Waals surface area contributed by atoms with Crippen LogP contribution in [0, 0.1) is 0 Å². The minimum Gasteiger partial charge on any atom is -0.136 e. The van der Waals surface area contributed by atoms with E-state index >= 15 is 0 Å². The minimum atomic E-state index is -1.16. The van der Waals surface area contributed by atoms with Crippen LogP contribution in [-0.4, -0.2) is 53.3 Å². The second kappa shape index (κ2) is 2.12. The van der Waals surface area contributed by atoms with Crippen molar-refractivity contribution >= 4 is 19.2 Å². The third-order valence-electron chi connectivity index (χ3n) is 2.41. The predicted molar refractivity (Wildman–Crippen MR) is 50.6 cm³/mol. The van der Waals surface area contributed by atoms with Crippen molar-refractivity contribution in [1.82, 2.24) is 14.0 Å². The number of rotatable bonds is 3. The van der Waals surface area contributed by atoms with Gasteiger partial charge in [0.1, 0.15) is 0 Å². The molecule has 0 bridgehead atoms. The maximum Gasteiger partial charge on any atom is 0.288 e. The van der Waals surface area contributed by atoms with Crippen molar-refractivity contribution in [2.24, 2.45) is 0 Å². The molecule has 0 unspecified atom stereocenters. The molecule has 0 spiro atoms. The second-order valence-electron chi connectivity index (χ2n) is 3.40. The van der Waals surface area contributed by atoms with E-state index in [-0.39, 0.29) is 0 Å². The average molecular weight is 190 g/mol. The highest BCUT2D eigenvalue weighted by molar-refractivity contribution is 8.50. The first-order valence-corrected chi connectivity index (χ1v) is 7.00. The molecule has 0 radical (unpaired) electrons. The van der Waals surface area contributed by atoms with Gasteiger partial charge in [-0.05, 0) is 0 Å². The van der Waals surface area contributed by atoms with E-state index in [0.29, 0.717) is 0 Å². The van der Waals surface area contributed by atoms with Gasteiger partial charge in [0.05, 0.1) is 51.5 Å². The Morgan fingerprint density at radius 3 is 1.18 bits per heavy atom. The molecule has 0 amide bonds. The first-order chi connectivity index (χ1) is 5.32. The maximum absolute atomic E-state index is 4.88. The van der Waals surface area contributed by atoms with Gasteiger partial charge in [-0.25, -0.2) is 0 Å². The molecule has 0 atom stereocenters. The van der Waals surface area contributed by atoms with Crippen LogP contribution in [0.4, 0.5) is 0 Å². The normalized spacial score (nSPS) is 32.5. The van der Waals surface area contributed by atoms with E-state index in [2.05, 4.69) is 14.0 Å². The van der Waals surface area contributed by atoms with Crippen LogP contribution in [0.5, 0.6) is 0 Å². The molecule has 3 aliphatic rings. The Hall–Kier alpha value is 0.660. The molecular formula is C6H13N3PS+. The smallest absolute Gasteiger partial charge is 0.136 e. The van der Waals surface area contributed by atoms with Crippen LogP contribution in [0.25, 0.3) is 0 Å². The molecule has 0 saturated carbocycles. The van der Waals surface area contributed by atoms with Gasteiger partial charge in [-0.15, -0.1) is 14.0 Å². The van der Waals surface area contributed by atoms with Crippen LogP contribution in [-0.2, 0) is 0 Å². The molecule has 0 aliphatic carbocycles. The van der Waals surface area contributed by atoms with Crippen molar-refractivity contribution < 1.29 is 0 Å². The zero-order chi connectivity index (χ0) is 7.47. The Labute approximate surface area is 73.0 Å². The van der Waals surface area contributed by atoms with E-state index in [4.69, 9.17) is 12.2 Å². The highest BCUT2D eigenvalue weighted by Gasteiger charge is 2.65. The van der Waals surface area contributed by atoms with Gasteiger partial charge in [-0.2, -0.15) is 0 Å². The van der Waals surface area contributed by atoms with Gasteiger partial charge in [0, 0.05) is 0 Å². The zero-order valence-corrected chi connectivity index (χ0v) is 8.27. The van der Waals surface area contributed by atoms with Crippen LogP contribution >= 0.6 is 19.2 Å². The predicted octanol–water partition coefficient (Wildman–Crippen LogP) is 0.541. The minimum absolute atomic E-state index is 1.16. The van der Waals surface area contributed by atoms with E-state index in [1.54, 1.807) is 0 Å². The largest absolute Gasteiger partial charge is 0.288 e. The van der Waals surface area contributed by atoms with E-state index < -0.39 is 6.92 Å². The molecule has 0 aromatic carbocycles. The summed E-state index contributed by atoms with van der Waals surface area (Å²) in [6, 6.07) is 0. The molecule has 3 fully saturated rings. The van der Waals surface area contributed by atoms with Gasteiger partial charge >= 0.3 is 0 Å². The SMILES string of the molecule is S[P+](N1CC1)(N1CC1)N1CC1. The van der Waals surface area contributed by atoms with Crippen molar-refractivity contribution in [3.8, 4) is 0 Å². The molecule has 3 nitrogen and oxygen atoms in total. The molecule has 0 N–H and O–H groups in total. The summed E-state index contributed by atoms with van der Waals surface area (Å²) in [7, 11) is 0. The van der Waals surface area contributed by atoms with E-state index in [1.807, 2.05) is 0 Å². The fourth-order valence-corrected chi connectivity index (χ4v) is 6.04. The summed E-state index contributed by atoms with van der Waals surface area (Å²) in [5.41, 5.74) is 0. The van der Waals surface area contributed by atoms with Gasteiger partial charge < -0.3 is 0 Å². The quantitative estimate of drug-likeness (QED) is 0.395. The summed E-state index contributed by atoms with van der Waals surface area (Å²) in [6.07, 6.45) is 0. The zero-order valence-electron chi connectivity index (χ0n) is 6.48. The van der Waals surface area contributed by atoms with Crippen LogP contribution in [0.3, 0.4) is 0 Å². The number of nitrogens with zero attached hydrogens (tertiary/aromatic N) is 3. The molecule has 11 heavy (non-hydrogen) atoms. The molecule has 62 valence electrons. The fourth-order valence-electron chi connectivity index (χ4n) is 1.48. The van der Waals surface area contributed by atoms with Crippen LogP contribution in [0.1, 0.15) is 0 Å². The lowest BCUT2D eigenvalue weighted by Crippen LogP contribution is -2.14. The Morgan fingerprint density at radius 2 is 1.00 bits per heavy atom. The summed E-state index contributed by atoms with van der Waals surface area (Å²) in [5, 5.41) is 0. The Bertz CT molecular complexity index is 157. The van der Waals surface area contributed by atoms with Crippen molar-refractivity contribution in [3.63, 3.8) is 0 Å². The summed E-state index contributed by atoms with van der Waals surface area (Å²) < 4.78 is 7.61. The van der Waals surface area contributed by atoms with E-state index in [0.717, 1.165) is 0 Å². The third kappa shape index (κ3) is 1.04. The molecule has 5 heteroatoms. The van der Waals surface area contributed by atoms with Crippen LogP contribution in [0.15, 0.2) is 0 Å². The van der Waals surface area contributed by atoms with Crippen LogP contribution < -0.4 is 0 Å². The summed E-state index contributed by atoms with van der Waals surface area (Å²) in [4.78, 5) is 0. The second-order valence-corrected chi connectivity index (χ2v) is 7.78. The molecule has 3 saturated heterocycles. The van der Waals surface area contributed by atoms with E-state index in [9.17, 15) is 0 Å². The topological polar surface area (TPSA) is 9.03 Å². The summed E-state index contributed by atoms with van der Waals surface area (Å²) in [5.74, 6) is 0. The summed E-state index contributed by atoms with van der Waals surface area (Å²) >= 11 is 4.88. The Balaban J connectivity index is 1.82.